The van der Waals surface area contributed by atoms with Gasteiger partial charge in [-0.15, -0.1) is 5.10 Å². The van der Waals surface area contributed by atoms with Gasteiger partial charge in [0, 0.05) is 17.5 Å². The van der Waals surface area contributed by atoms with E-state index in [0.717, 1.165) is 15.7 Å². The lowest BCUT2D eigenvalue weighted by Crippen LogP contribution is -2.38. The van der Waals surface area contributed by atoms with Crippen LogP contribution in [0.1, 0.15) is 18.7 Å². The predicted octanol–water partition coefficient (Wildman–Crippen LogP) is 1.04. The van der Waals surface area contributed by atoms with E-state index in [2.05, 4.69) is 33.4 Å². The Kier molecular flexibility index (Phi) is 5.00. The number of anilines is 2. The number of aromatic nitrogens is 5. The first-order chi connectivity index (χ1) is 15.3. The molecule has 5 heterocycles. The summed E-state index contributed by atoms with van der Waals surface area (Å²) in [5.74, 6) is 0.552. The lowest BCUT2D eigenvalue weighted by Gasteiger charge is -2.25. The fourth-order valence-electron chi connectivity index (χ4n) is 3.71. The number of ether oxygens (including phenoxy) is 3. The summed E-state index contributed by atoms with van der Waals surface area (Å²) < 4.78 is 43.1. The van der Waals surface area contributed by atoms with Crippen molar-refractivity contribution in [2.45, 2.75) is 19.1 Å². The lowest BCUT2D eigenvalue weighted by atomic mass is 10.1. The Bertz CT molecular complexity index is 1320. The van der Waals surface area contributed by atoms with E-state index in [-0.39, 0.29) is 29.9 Å². The molecular weight excluding hydrogens is 438 g/mol. The van der Waals surface area contributed by atoms with Crippen molar-refractivity contribution in [2.24, 2.45) is 5.92 Å². The summed E-state index contributed by atoms with van der Waals surface area (Å²) >= 11 is 0. The van der Waals surface area contributed by atoms with Crippen LogP contribution in [0, 0.1) is 17.2 Å². The molecule has 0 aromatic carbocycles. The highest BCUT2D eigenvalue weighted by Gasteiger charge is 2.30. The van der Waals surface area contributed by atoms with E-state index in [4.69, 9.17) is 14.2 Å². The van der Waals surface area contributed by atoms with E-state index in [9.17, 15) is 13.7 Å². The van der Waals surface area contributed by atoms with Gasteiger partial charge in [-0.1, -0.05) is 6.92 Å². The Morgan fingerprint density at radius 2 is 2.06 bits per heavy atom. The van der Waals surface area contributed by atoms with Crippen molar-refractivity contribution in [3.05, 3.63) is 24.2 Å². The Hall–Kier alpha value is -3.21. The van der Waals surface area contributed by atoms with Crippen LogP contribution in [-0.4, -0.2) is 70.9 Å². The van der Waals surface area contributed by atoms with Crippen LogP contribution in [0.3, 0.4) is 0 Å². The van der Waals surface area contributed by atoms with Crippen LogP contribution >= 0.6 is 0 Å². The SMILES string of the molecule is C[C@H]1COC[C@@H]1n1c(C#N)cc2cnc(Nc3cn(S(C)(=O)=O)nc3OC3COC3)nc21. The summed E-state index contributed by atoms with van der Waals surface area (Å²) in [5, 5.41) is 17.4. The summed E-state index contributed by atoms with van der Waals surface area (Å²) in [7, 11) is -3.62. The van der Waals surface area contributed by atoms with Gasteiger partial charge in [0.1, 0.15) is 29.2 Å². The summed E-state index contributed by atoms with van der Waals surface area (Å²) in [6.07, 6.45) is 3.76. The molecule has 0 radical (unpaired) electrons. The number of rotatable bonds is 6. The maximum absolute atomic E-state index is 12.0. The Morgan fingerprint density at radius 1 is 1.28 bits per heavy atom. The number of nitrogens with zero attached hydrogens (tertiary/aromatic N) is 6. The van der Waals surface area contributed by atoms with E-state index in [1.54, 1.807) is 12.3 Å². The highest BCUT2D eigenvalue weighted by molar-refractivity contribution is 7.89. The average Bonchev–Trinajstić information content (AvgIpc) is 3.40. The van der Waals surface area contributed by atoms with Gasteiger partial charge >= 0.3 is 0 Å². The zero-order chi connectivity index (χ0) is 22.5. The molecule has 2 fully saturated rings. The van der Waals surface area contributed by atoms with E-state index in [1.807, 2.05) is 4.57 Å². The minimum Gasteiger partial charge on any atom is -0.467 e. The van der Waals surface area contributed by atoms with Crippen LogP contribution < -0.4 is 10.1 Å². The highest BCUT2D eigenvalue weighted by Crippen LogP contribution is 2.33. The van der Waals surface area contributed by atoms with Crippen molar-refractivity contribution < 1.29 is 22.6 Å². The quantitative estimate of drug-likeness (QED) is 0.567. The van der Waals surface area contributed by atoms with Crippen molar-refractivity contribution >= 4 is 32.7 Å². The minimum atomic E-state index is -3.62. The first-order valence-electron chi connectivity index (χ1n) is 10.0. The third-order valence-corrected chi connectivity index (χ3v) is 6.35. The summed E-state index contributed by atoms with van der Waals surface area (Å²) in [6.45, 7) is 3.98. The van der Waals surface area contributed by atoms with Gasteiger partial charge in [0.25, 0.3) is 15.9 Å². The maximum atomic E-state index is 12.0. The van der Waals surface area contributed by atoms with Crippen molar-refractivity contribution in [1.29, 1.82) is 5.26 Å². The zero-order valence-electron chi connectivity index (χ0n) is 17.4. The van der Waals surface area contributed by atoms with Gasteiger partial charge in [-0.2, -0.15) is 14.3 Å². The van der Waals surface area contributed by atoms with Crippen molar-refractivity contribution in [2.75, 3.05) is 38.0 Å². The van der Waals surface area contributed by atoms with Crippen LogP contribution in [0.5, 0.6) is 5.88 Å². The minimum absolute atomic E-state index is 0.0182. The molecule has 32 heavy (non-hydrogen) atoms. The Labute approximate surface area is 183 Å². The molecule has 2 aliphatic heterocycles. The van der Waals surface area contributed by atoms with E-state index in [1.165, 1.54) is 6.20 Å². The van der Waals surface area contributed by atoms with Crippen molar-refractivity contribution in [3.63, 3.8) is 0 Å². The number of hydrogen-bond acceptors (Lipinski definition) is 10. The molecule has 2 saturated heterocycles. The van der Waals surface area contributed by atoms with Gasteiger partial charge in [0.2, 0.25) is 5.95 Å². The zero-order valence-corrected chi connectivity index (χ0v) is 18.2. The predicted molar refractivity (Wildman–Crippen MR) is 112 cm³/mol. The standard InChI is InChI=1S/C19H21N7O5S/c1-11-7-29-10-16(11)26-13(4-20)3-12-5-21-19(23-17(12)26)22-15-6-25(32(2,27)28)24-18(15)31-14-8-30-9-14/h3,5-6,11,14,16H,7-10H2,1-2H3,(H,21,22,23)/t11-,16-/m0/s1. The second kappa shape index (κ2) is 7.73. The summed E-state index contributed by atoms with van der Waals surface area (Å²) in [5.41, 5.74) is 1.37. The third kappa shape index (κ3) is 3.66. The molecule has 3 aromatic heterocycles. The van der Waals surface area contributed by atoms with Gasteiger partial charge in [-0.05, 0) is 6.07 Å². The molecule has 2 aliphatic rings. The fraction of sp³-hybridized carbons (Fsp3) is 0.474. The smallest absolute Gasteiger partial charge is 0.258 e. The monoisotopic (exact) mass is 459 g/mol. The molecule has 0 saturated carbocycles. The Morgan fingerprint density at radius 3 is 2.69 bits per heavy atom. The highest BCUT2D eigenvalue weighted by atomic mass is 32.2. The molecule has 168 valence electrons. The molecule has 0 bridgehead atoms. The van der Waals surface area contributed by atoms with Crippen molar-refractivity contribution in [3.8, 4) is 11.9 Å². The van der Waals surface area contributed by atoms with E-state index >= 15 is 0 Å². The van der Waals surface area contributed by atoms with Gasteiger partial charge in [-0.3, -0.25) is 0 Å². The Balaban J connectivity index is 1.53. The fourth-order valence-corrected chi connectivity index (χ4v) is 4.23. The number of hydrogen-bond donors (Lipinski definition) is 1. The average molecular weight is 459 g/mol. The van der Waals surface area contributed by atoms with Crippen LogP contribution in [-0.2, 0) is 19.5 Å². The van der Waals surface area contributed by atoms with Crippen LogP contribution in [0.25, 0.3) is 11.0 Å². The molecular formula is C19H21N7O5S. The summed E-state index contributed by atoms with van der Waals surface area (Å²) in [6, 6.07) is 3.95. The van der Waals surface area contributed by atoms with Gasteiger partial charge in [-0.25, -0.2) is 13.4 Å². The van der Waals surface area contributed by atoms with E-state index in [0.29, 0.717) is 43.5 Å². The van der Waals surface area contributed by atoms with E-state index < -0.39 is 10.0 Å². The second-order valence-electron chi connectivity index (χ2n) is 7.95. The number of fused-ring (bicyclic) bond motifs is 1. The molecule has 0 unspecified atom stereocenters. The van der Waals surface area contributed by atoms with Gasteiger partial charge in [0.05, 0.1) is 44.9 Å². The molecule has 0 amide bonds. The lowest BCUT2D eigenvalue weighted by molar-refractivity contribution is -0.0811. The molecule has 12 nitrogen and oxygen atoms in total. The molecule has 3 aromatic rings. The number of nitriles is 1. The first kappa shape index (κ1) is 20.7. The molecule has 0 spiro atoms. The summed E-state index contributed by atoms with van der Waals surface area (Å²) in [4.78, 5) is 8.93. The third-order valence-electron chi connectivity index (χ3n) is 5.48. The molecule has 1 N–H and O–H groups in total. The molecule has 5 rings (SSSR count). The second-order valence-corrected chi connectivity index (χ2v) is 9.79. The van der Waals surface area contributed by atoms with Crippen molar-refractivity contribution in [1.82, 2.24) is 23.7 Å². The molecule has 13 heteroatoms. The number of nitrogens with one attached hydrogen (secondary N) is 1. The topological polar surface area (TPSA) is 146 Å². The molecule has 0 aliphatic carbocycles. The van der Waals surface area contributed by atoms with Gasteiger partial charge in [0.15, 0.2) is 0 Å². The largest absolute Gasteiger partial charge is 0.467 e. The normalized spacial score (nSPS) is 21.4. The maximum Gasteiger partial charge on any atom is 0.258 e. The van der Waals surface area contributed by atoms with Gasteiger partial charge < -0.3 is 24.1 Å². The molecule has 2 atom stereocenters. The van der Waals surface area contributed by atoms with Crippen LogP contribution in [0.4, 0.5) is 11.6 Å². The van der Waals surface area contributed by atoms with Crippen LogP contribution in [0.2, 0.25) is 0 Å². The van der Waals surface area contributed by atoms with Crippen LogP contribution in [0.15, 0.2) is 18.5 Å². The first-order valence-corrected chi connectivity index (χ1v) is 11.9.